The minimum atomic E-state index is -3.55. The van der Waals surface area contributed by atoms with E-state index in [1.165, 1.54) is 4.31 Å². The summed E-state index contributed by atoms with van der Waals surface area (Å²) in [6.07, 6.45) is 3.83. The summed E-state index contributed by atoms with van der Waals surface area (Å²) >= 11 is 6.97. The van der Waals surface area contributed by atoms with E-state index in [1.54, 1.807) is 12.1 Å². The lowest BCUT2D eigenvalue weighted by atomic mass is 9.77. The lowest BCUT2D eigenvalue weighted by Crippen LogP contribution is -2.54. The summed E-state index contributed by atoms with van der Waals surface area (Å²) in [4.78, 5) is 15.3. The molecule has 2 aromatic rings. The Hall–Kier alpha value is -1.41. The summed E-state index contributed by atoms with van der Waals surface area (Å²) in [5.41, 5.74) is 0.629. The molecule has 4 rings (SSSR count). The Bertz CT molecular complexity index is 945. The maximum Gasteiger partial charge on any atom is 0.252 e. The molecule has 2 heterocycles. The molecule has 1 saturated carbocycles. The molecule has 0 atom stereocenters. The van der Waals surface area contributed by atoms with Crippen LogP contribution in [-0.2, 0) is 20.2 Å². The van der Waals surface area contributed by atoms with Crippen LogP contribution in [0.4, 0.5) is 0 Å². The monoisotopic (exact) mass is 438 g/mol. The van der Waals surface area contributed by atoms with E-state index in [-0.39, 0.29) is 10.1 Å². The van der Waals surface area contributed by atoms with Crippen molar-refractivity contribution in [2.24, 2.45) is 0 Å². The number of hydrogen-bond donors (Lipinski definition) is 0. The van der Waals surface area contributed by atoms with Crippen LogP contribution >= 0.6 is 22.9 Å². The van der Waals surface area contributed by atoms with Crippen molar-refractivity contribution >= 4 is 38.9 Å². The molecule has 28 heavy (non-hydrogen) atoms. The van der Waals surface area contributed by atoms with Gasteiger partial charge in [-0.3, -0.25) is 4.79 Å². The highest BCUT2D eigenvalue weighted by Gasteiger charge is 2.45. The van der Waals surface area contributed by atoms with Crippen molar-refractivity contribution in [2.45, 2.75) is 35.3 Å². The van der Waals surface area contributed by atoms with Crippen LogP contribution in [0.3, 0.4) is 0 Å². The molecule has 1 aliphatic heterocycles. The molecule has 0 N–H and O–H groups in total. The summed E-state index contributed by atoms with van der Waals surface area (Å²) in [5, 5.41) is 0. The van der Waals surface area contributed by atoms with Gasteiger partial charge >= 0.3 is 0 Å². The number of nitrogens with zero attached hydrogens (tertiary/aromatic N) is 2. The maximum absolute atomic E-state index is 13.5. The molecule has 0 bridgehead atoms. The van der Waals surface area contributed by atoms with Crippen LogP contribution in [0.2, 0.25) is 4.34 Å². The van der Waals surface area contributed by atoms with Gasteiger partial charge in [0.25, 0.3) is 10.0 Å². The molecule has 0 unspecified atom stereocenters. The zero-order chi connectivity index (χ0) is 19.8. The quantitative estimate of drug-likeness (QED) is 0.730. The lowest BCUT2D eigenvalue weighted by molar-refractivity contribution is -0.138. The summed E-state index contributed by atoms with van der Waals surface area (Å²) in [6, 6.07) is 13.2. The molecule has 1 aromatic heterocycles. The molecule has 0 radical (unpaired) electrons. The van der Waals surface area contributed by atoms with Gasteiger partial charge in [0.1, 0.15) is 4.21 Å². The van der Waals surface area contributed by atoms with E-state index < -0.39 is 15.4 Å². The molecular formula is C20H23ClN2O3S2. The second-order valence-corrected chi connectivity index (χ2v) is 11.3. The first-order chi connectivity index (χ1) is 13.4. The summed E-state index contributed by atoms with van der Waals surface area (Å²) in [7, 11) is -3.55. The molecule has 1 aliphatic carbocycles. The van der Waals surface area contributed by atoms with Crippen LogP contribution in [0.25, 0.3) is 0 Å². The second-order valence-electron chi connectivity index (χ2n) is 7.41. The fourth-order valence-corrected chi connectivity index (χ4v) is 7.42. The molecule has 1 aromatic carbocycles. The molecule has 2 aliphatic rings. The Morgan fingerprint density at radius 2 is 1.61 bits per heavy atom. The standard InChI is InChI=1S/C20H23ClN2O3S2/c21-17-8-9-18(27-17)28(25,26)23-14-12-22(13-15-23)19(24)20(10-4-5-11-20)16-6-2-1-3-7-16/h1-3,6-9H,4-5,10-15H2. The van der Waals surface area contributed by atoms with Crippen LogP contribution in [0.1, 0.15) is 31.2 Å². The number of carbonyl (C=O) groups is 1. The third-order valence-corrected chi connectivity index (χ3v) is 9.46. The van der Waals surface area contributed by atoms with Gasteiger partial charge in [-0.2, -0.15) is 4.31 Å². The van der Waals surface area contributed by atoms with Crippen molar-refractivity contribution < 1.29 is 13.2 Å². The first-order valence-electron chi connectivity index (χ1n) is 9.54. The topological polar surface area (TPSA) is 57.7 Å². The molecule has 5 nitrogen and oxygen atoms in total. The van der Waals surface area contributed by atoms with Gasteiger partial charge in [0, 0.05) is 26.2 Å². The highest BCUT2D eigenvalue weighted by atomic mass is 35.5. The second kappa shape index (κ2) is 7.78. The highest BCUT2D eigenvalue weighted by molar-refractivity contribution is 7.91. The van der Waals surface area contributed by atoms with Crippen molar-refractivity contribution in [3.63, 3.8) is 0 Å². The lowest BCUT2D eigenvalue weighted by Gasteiger charge is -2.39. The number of rotatable bonds is 4. The summed E-state index contributed by atoms with van der Waals surface area (Å²) in [6.45, 7) is 1.47. The fraction of sp³-hybridized carbons (Fsp3) is 0.450. The Morgan fingerprint density at radius 1 is 0.964 bits per heavy atom. The van der Waals surface area contributed by atoms with Crippen LogP contribution in [-0.4, -0.2) is 49.7 Å². The van der Waals surface area contributed by atoms with Gasteiger partial charge in [-0.15, -0.1) is 11.3 Å². The summed E-state index contributed by atoms with van der Waals surface area (Å²) in [5.74, 6) is 0.146. The summed E-state index contributed by atoms with van der Waals surface area (Å²) < 4.78 is 27.8. The molecule has 150 valence electrons. The molecule has 1 amide bonds. The first kappa shape index (κ1) is 19.9. The predicted molar refractivity (Wildman–Crippen MR) is 111 cm³/mol. The number of carbonyl (C=O) groups excluding carboxylic acids is 1. The van der Waals surface area contributed by atoms with Gasteiger partial charge in [0.2, 0.25) is 5.91 Å². The highest BCUT2D eigenvalue weighted by Crippen LogP contribution is 2.43. The van der Waals surface area contributed by atoms with E-state index in [0.717, 1.165) is 42.6 Å². The van der Waals surface area contributed by atoms with Gasteiger partial charge < -0.3 is 4.90 Å². The largest absolute Gasteiger partial charge is 0.339 e. The Balaban J connectivity index is 1.49. The van der Waals surface area contributed by atoms with Crippen molar-refractivity contribution in [1.29, 1.82) is 0 Å². The van der Waals surface area contributed by atoms with E-state index in [1.807, 2.05) is 35.2 Å². The molecule has 8 heteroatoms. The number of thiophene rings is 1. The average Bonchev–Trinajstić information content (AvgIpc) is 3.38. The van der Waals surface area contributed by atoms with Gasteiger partial charge in [-0.05, 0) is 30.5 Å². The third-order valence-electron chi connectivity index (χ3n) is 5.86. The van der Waals surface area contributed by atoms with Gasteiger partial charge in [0.05, 0.1) is 9.75 Å². The van der Waals surface area contributed by atoms with E-state index in [0.29, 0.717) is 30.5 Å². The van der Waals surface area contributed by atoms with Gasteiger partial charge in [-0.1, -0.05) is 54.8 Å². The zero-order valence-electron chi connectivity index (χ0n) is 15.5. The van der Waals surface area contributed by atoms with Crippen LogP contribution in [0, 0.1) is 0 Å². The minimum absolute atomic E-state index is 0.146. The minimum Gasteiger partial charge on any atom is -0.339 e. The normalized spacial score (nSPS) is 20.4. The smallest absolute Gasteiger partial charge is 0.252 e. The number of sulfonamides is 1. The van der Waals surface area contributed by atoms with Gasteiger partial charge in [-0.25, -0.2) is 8.42 Å². The Morgan fingerprint density at radius 3 is 2.18 bits per heavy atom. The number of amides is 1. The number of benzene rings is 1. The Labute approximate surface area is 175 Å². The van der Waals surface area contributed by atoms with Crippen LogP contribution in [0.15, 0.2) is 46.7 Å². The molecule has 2 fully saturated rings. The van der Waals surface area contributed by atoms with E-state index in [9.17, 15) is 13.2 Å². The number of hydrogen-bond acceptors (Lipinski definition) is 4. The van der Waals surface area contributed by atoms with E-state index >= 15 is 0 Å². The molecule has 1 saturated heterocycles. The maximum atomic E-state index is 13.5. The van der Waals surface area contributed by atoms with Crippen molar-refractivity contribution in [3.05, 3.63) is 52.4 Å². The average molecular weight is 439 g/mol. The first-order valence-corrected chi connectivity index (χ1v) is 12.2. The fourth-order valence-electron chi connectivity index (χ4n) is 4.36. The number of halogens is 1. The molecular weight excluding hydrogens is 416 g/mol. The van der Waals surface area contributed by atoms with Crippen LogP contribution in [0.5, 0.6) is 0 Å². The Kier molecular flexibility index (Phi) is 5.53. The zero-order valence-corrected chi connectivity index (χ0v) is 17.9. The van der Waals surface area contributed by atoms with Gasteiger partial charge in [0.15, 0.2) is 0 Å². The van der Waals surface area contributed by atoms with Crippen molar-refractivity contribution in [2.75, 3.05) is 26.2 Å². The number of piperazine rings is 1. The SMILES string of the molecule is O=C(N1CCN(S(=O)(=O)c2ccc(Cl)s2)CC1)C1(c2ccccc2)CCCC1. The van der Waals surface area contributed by atoms with Crippen molar-refractivity contribution in [1.82, 2.24) is 9.21 Å². The van der Waals surface area contributed by atoms with Crippen LogP contribution < -0.4 is 0 Å². The van der Waals surface area contributed by atoms with Crippen molar-refractivity contribution in [3.8, 4) is 0 Å². The van der Waals surface area contributed by atoms with E-state index in [4.69, 9.17) is 11.6 Å². The predicted octanol–water partition coefficient (Wildman–Crippen LogP) is 3.75. The van der Waals surface area contributed by atoms with E-state index in [2.05, 4.69) is 0 Å². The molecule has 0 spiro atoms. The third kappa shape index (κ3) is 3.49.